The van der Waals surface area contributed by atoms with Crippen LogP contribution in [0.2, 0.25) is 0 Å². The molecule has 0 fully saturated rings. The Hall–Kier alpha value is -1.99. The highest BCUT2D eigenvalue weighted by Gasteiger charge is 2.29. The lowest BCUT2D eigenvalue weighted by Gasteiger charge is -2.11. The average Bonchev–Trinajstić information content (AvgIpc) is 2.59. The fraction of sp³-hybridized carbons (Fsp3) is 0.333. The number of carboxylic acids is 1. The van der Waals surface area contributed by atoms with E-state index in [1.54, 1.807) is 0 Å². The van der Waals surface area contributed by atoms with Gasteiger partial charge in [-0.2, -0.15) is 13.2 Å². The SMILES string of the molecule is O=C(O)CNC(=O)c1cccn1CC(F)(F)F. The highest BCUT2D eigenvalue weighted by atomic mass is 19.4. The number of halogens is 3. The average molecular weight is 250 g/mol. The van der Waals surface area contributed by atoms with Gasteiger partial charge in [-0.15, -0.1) is 0 Å². The van der Waals surface area contributed by atoms with Crippen LogP contribution in [0.4, 0.5) is 13.2 Å². The minimum absolute atomic E-state index is 0.233. The number of nitrogens with zero attached hydrogens (tertiary/aromatic N) is 1. The molecule has 0 aliphatic rings. The van der Waals surface area contributed by atoms with E-state index in [0.29, 0.717) is 4.57 Å². The molecule has 17 heavy (non-hydrogen) atoms. The Kier molecular flexibility index (Phi) is 3.77. The van der Waals surface area contributed by atoms with E-state index in [9.17, 15) is 22.8 Å². The second-order valence-electron chi connectivity index (χ2n) is 3.21. The van der Waals surface area contributed by atoms with Gasteiger partial charge in [-0.1, -0.05) is 0 Å². The van der Waals surface area contributed by atoms with Crippen molar-refractivity contribution in [2.75, 3.05) is 6.54 Å². The molecule has 0 bridgehead atoms. The smallest absolute Gasteiger partial charge is 0.406 e. The maximum Gasteiger partial charge on any atom is 0.406 e. The van der Waals surface area contributed by atoms with Crippen molar-refractivity contribution < 1.29 is 27.9 Å². The number of carbonyl (C=O) groups excluding carboxylic acids is 1. The highest BCUT2D eigenvalue weighted by molar-refractivity contribution is 5.94. The molecule has 2 N–H and O–H groups in total. The van der Waals surface area contributed by atoms with Gasteiger partial charge in [0, 0.05) is 6.20 Å². The fourth-order valence-electron chi connectivity index (χ4n) is 1.20. The van der Waals surface area contributed by atoms with Crippen LogP contribution in [0.15, 0.2) is 18.3 Å². The van der Waals surface area contributed by atoms with Crippen LogP contribution in [0.3, 0.4) is 0 Å². The highest BCUT2D eigenvalue weighted by Crippen LogP contribution is 2.18. The second kappa shape index (κ2) is 4.89. The molecular formula is C9H9F3N2O3. The number of amides is 1. The number of hydrogen-bond donors (Lipinski definition) is 2. The summed E-state index contributed by atoms with van der Waals surface area (Å²) in [5.41, 5.74) is -0.233. The molecule has 1 rings (SSSR count). The minimum Gasteiger partial charge on any atom is -0.480 e. The van der Waals surface area contributed by atoms with Crippen molar-refractivity contribution >= 4 is 11.9 Å². The van der Waals surface area contributed by atoms with Crippen molar-refractivity contribution in [3.8, 4) is 0 Å². The van der Waals surface area contributed by atoms with Crippen LogP contribution in [-0.2, 0) is 11.3 Å². The molecule has 8 heteroatoms. The van der Waals surface area contributed by atoms with Crippen LogP contribution in [0, 0.1) is 0 Å². The summed E-state index contributed by atoms with van der Waals surface area (Å²) < 4.78 is 37.1. The van der Waals surface area contributed by atoms with Gasteiger partial charge in [0.05, 0.1) is 0 Å². The summed E-state index contributed by atoms with van der Waals surface area (Å²) in [6.45, 7) is -1.94. The Morgan fingerprint density at radius 1 is 1.41 bits per heavy atom. The Morgan fingerprint density at radius 2 is 2.06 bits per heavy atom. The number of carboxylic acid groups (broad SMARTS) is 1. The van der Waals surface area contributed by atoms with Gasteiger partial charge in [-0.3, -0.25) is 9.59 Å². The number of nitrogens with one attached hydrogen (secondary N) is 1. The summed E-state index contributed by atoms with van der Waals surface area (Å²) in [7, 11) is 0. The molecule has 0 atom stereocenters. The Bertz CT molecular complexity index is 425. The molecule has 0 aromatic carbocycles. The van der Waals surface area contributed by atoms with Crippen LogP contribution in [0.5, 0.6) is 0 Å². The fourth-order valence-corrected chi connectivity index (χ4v) is 1.20. The number of hydrogen-bond acceptors (Lipinski definition) is 2. The molecule has 0 saturated heterocycles. The lowest BCUT2D eigenvalue weighted by molar-refractivity contribution is -0.141. The molecule has 5 nitrogen and oxygen atoms in total. The quantitative estimate of drug-likeness (QED) is 0.832. The molecule has 0 radical (unpaired) electrons. The van der Waals surface area contributed by atoms with E-state index in [-0.39, 0.29) is 5.69 Å². The van der Waals surface area contributed by atoms with E-state index in [1.807, 2.05) is 5.32 Å². The number of aromatic nitrogens is 1. The van der Waals surface area contributed by atoms with Crippen molar-refractivity contribution in [1.29, 1.82) is 0 Å². The van der Waals surface area contributed by atoms with Gasteiger partial charge in [0.25, 0.3) is 5.91 Å². The first-order valence-corrected chi connectivity index (χ1v) is 4.51. The van der Waals surface area contributed by atoms with Crippen LogP contribution < -0.4 is 5.32 Å². The Balaban J connectivity index is 2.74. The summed E-state index contributed by atoms with van der Waals surface area (Å²) in [4.78, 5) is 21.5. The van der Waals surface area contributed by atoms with Gasteiger partial charge in [-0.25, -0.2) is 0 Å². The topological polar surface area (TPSA) is 71.3 Å². The zero-order chi connectivity index (χ0) is 13.1. The summed E-state index contributed by atoms with van der Waals surface area (Å²) in [5.74, 6) is -2.13. The van der Waals surface area contributed by atoms with Crippen LogP contribution >= 0.6 is 0 Å². The van der Waals surface area contributed by atoms with Crippen molar-refractivity contribution in [1.82, 2.24) is 9.88 Å². The molecule has 0 aliphatic carbocycles. The molecule has 94 valence electrons. The van der Waals surface area contributed by atoms with Gasteiger partial charge in [0.1, 0.15) is 18.8 Å². The molecule has 0 aliphatic heterocycles. The first-order chi connectivity index (χ1) is 7.79. The lowest BCUT2D eigenvalue weighted by atomic mass is 10.4. The van der Waals surface area contributed by atoms with Crippen molar-refractivity contribution in [2.45, 2.75) is 12.7 Å². The zero-order valence-corrected chi connectivity index (χ0v) is 8.49. The first kappa shape index (κ1) is 13.1. The number of rotatable bonds is 4. The van der Waals surface area contributed by atoms with E-state index >= 15 is 0 Å². The predicted octanol–water partition coefficient (Wildman–Crippen LogP) is 0.865. The lowest BCUT2D eigenvalue weighted by Crippen LogP contribution is -2.32. The van der Waals surface area contributed by atoms with Gasteiger partial charge < -0.3 is 15.0 Å². The summed E-state index contributed by atoms with van der Waals surface area (Å²) >= 11 is 0. The number of carbonyl (C=O) groups is 2. The predicted molar refractivity (Wildman–Crippen MR) is 50.5 cm³/mol. The van der Waals surface area contributed by atoms with E-state index in [2.05, 4.69) is 0 Å². The third kappa shape index (κ3) is 4.17. The van der Waals surface area contributed by atoms with Gasteiger partial charge >= 0.3 is 12.1 Å². The Morgan fingerprint density at radius 3 is 2.59 bits per heavy atom. The van der Waals surface area contributed by atoms with Gasteiger partial charge in [0.15, 0.2) is 0 Å². The number of alkyl halides is 3. The largest absolute Gasteiger partial charge is 0.480 e. The van der Waals surface area contributed by atoms with Crippen molar-refractivity contribution in [3.63, 3.8) is 0 Å². The molecule has 0 saturated carbocycles. The standard InChI is InChI=1S/C9H9F3N2O3/c10-9(11,12)5-14-3-1-2-6(14)8(17)13-4-7(15)16/h1-3H,4-5H2,(H,13,17)(H,15,16). The molecule has 0 unspecified atom stereocenters. The molecule has 0 spiro atoms. The third-order valence-electron chi connectivity index (χ3n) is 1.81. The van der Waals surface area contributed by atoms with Gasteiger partial charge in [-0.05, 0) is 12.1 Å². The summed E-state index contributed by atoms with van der Waals surface area (Å²) in [6.07, 6.45) is -3.34. The van der Waals surface area contributed by atoms with Crippen LogP contribution in [0.1, 0.15) is 10.5 Å². The molecule has 1 heterocycles. The van der Waals surface area contributed by atoms with Crippen molar-refractivity contribution in [3.05, 3.63) is 24.0 Å². The summed E-state index contributed by atoms with van der Waals surface area (Å²) in [6, 6.07) is 2.46. The minimum atomic E-state index is -4.44. The van der Waals surface area contributed by atoms with Gasteiger partial charge in [0.2, 0.25) is 0 Å². The summed E-state index contributed by atoms with van der Waals surface area (Å²) in [5, 5.41) is 10.3. The van der Waals surface area contributed by atoms with Crippen LogP contribution in [0.25, 0.3) is 0 Å². The van der Waals surface area contributed by atoms with Crippen molar-refractivity contribution in [2.24, 2.45) is 0 Å². The third-order valence-corrected chi connectivity index (χ3v) is 1.81. The van der Waals surface area contributed by atoms with E-state index in [1.165, 1.54) is 12.1 Å². The normalized spacial score (nSPS) is 11.2. The van der Waals surface area contributed by atoms with E-state index in [0.717, 1.165) is 6.20 Å². The zero-order valence-electron chi connectivity index (χ0n) is 8.49. The van der Waals surface area contributed by atoms with E-state index < -0.39 is 31.1 Å². The molecule has 1 aromatic rings. The molecule has 1 aromatic heterocycles. The molecule has 1 amide bonds. The van der Waals surface area contributed by atoms with E-state index in [4.69, 9.17) is 5.11 Å². The Labute approximate surface area is 93.8 Å². The monoisotopic (exact) mass is 250 g/mol. The number of aliphatic carboxylic acids is 1. The maximum absolute atomic E-state index is 12.1. The van der Waals surface area contributed by atoms with Crippen LogP contribution in [-0.4, -0.2) is 34.3 Å². The molecular weight excluding hydrogens is 241 g/mol. The second-order valence-corrected chi connectivity index (χ2v) is 3.21. The maximum atomic E-state index is 12.1. The first-order valence-electron chi connectivity index (χ1n) is 4.51.